The van der Waals surface area contributed by atoms with Crippen LogP contribution in [0, 0.1) is 23.1 Å². The van der Waals surface area contributed by atoms with Crippen molar-refractivity contribution in [2.75, 3.05) is 0 Å². The van der Waals surface area contributed by atoms with Gasteiger partial charge in [-0.1, -0.05) is 24.6 Å². The van der Waals surface area contributed by atoms with Crippen molar-refractivity contribution in [1.29, 1.82) is 5.26 Å². The normalized spacial score (nSPS) is 25.8. The monoisotopic (exact) mass is 294 g/mol. The number of nitriles is 1. The van der Waals surface area contributed by atoms with E-state index < -0.39 is 17.3 Å². The summed E-state index contributed by atoms with van der Waals surface area (Å²) in [6.07, 6.45) is 2.92. The Balaban J connectivity index is 2.21. The van der Waals surface area contributed by atoms with Gasteiger partial charge in [-0.3, -0.25) is 4.79 Å². The molecule has 1 aromatic carbocycles. The van der Waals surface area contributed by atoms with Gasteiger partial charge in [-0.25, -0.2) is 4.39 Å². The van der Waals surface area contributed by atoms with Gasteiger partial charge in [0.2, 0.25) is 0 Å². The lowest BCUT2D eigenvalue weighted by Crippen LogP contribution is -2.49. The van der Waals surface area contributed by atoms with E-state index in [1.165, 1.54) is 18.2 Å². The minimum Gasteiger partial charge on any atom is -0.334 e. The number of benzene rings is 1. The third-order valence-corrected chi connectivity index (χ3v) is 4.20. The predicted octanol–water partition coefficient (Wildman–Crippen LogP) is 3.68. The lowest BCUT2D eigenvalue weighted by molar-refractivity contribution is 0.0890. The number of nitrogens with zero attached hydrogens (tertiary/aromatic N) is 1. The molecule has 1 fully saturated rings. The fourth-order valence-electron chi connectivity index (χ4n) is 2.51. The number of hydrogen-bond acceptors (Lipinski definition) is 2. The van der Waals surface area contributed by atoms with E-state index in [-0.39, 0.29) is 10.6 Å². The Morgan fingerprint density at radius 3 is 2.70 bits per heavy atom. The van der Waals surface area contributed by atoms with E-state index in [4.69, 9.17) is 11.6 Å². The SMILES string of the molecule is CC1CCC(C#N)(NC(=O)c2c(F)cccc2Cl)CC1. The van der Waals surface area contributed by atoms with E-state index in [1.807, 2.05) is 0 Å². The number of amides is 1. The molecule has 3 nitrogen and oxygen atoms in total. The van der Waals surface area contributed by atoms with Crippen LogP contribution in [0.2, 0.25) is 5.02 Å². The van der Waals surface area contributed by atoms with Crippen molar-refractivity contribution < 1.29 is 9.18 Å². The zero-order chi connectivity index (χ0) is 14.8. The quantitative estimate of drug-likeness (QED) is 0.904. The van der Waals surface area contributed by atoms with Crippen LogP contribution in [0.4, 0.5) is 4.39 Å². The van der Waals surface area contributed by atoms with Crippen LogP contribution in [0.15, 0.2) is 18.2 Å². The third-order valence-electron chi connectivity index (χ3n) is 3.88. The van der Waals surface area contributed by atoms with Gasteiger partial charge < -0.3 is 5.32 Å². The molecule has 0 atom stereocenters. The molecule has 1 aliphatic carbocycles. The number of halogens is 2. The van der Waals surface area contributed by atoms with E-state index in [2.05, 4.69) is 18.3 Å². The summed E-state index contributed by atoms with van der Waals surface area (Å²) in [6.45, 7) is 2.12. The minimum absolute atomic E-state index is 0.0553. The molecule has 2 rings (SSSR count). The van der Waals surface area contributed by atoms with Crippen LogP contribution >= 0.6 is 11.6 Å². The lowest BCUT2D eigenvalue weighted by atomic mass is 9.78. The average molecular weight is 295 g/mol. The fraction of sp³-hybridized carbons (Fsp3) is 0.467. The van der Waals surface area contributed by atoms with Crippen molar-refractivity contribution in [2.45, 2.75) is 38.1 Å². The maximum atomic E-state index is 13.7. The highest BCUT2D eigenvalue weighted by Crippen LogP contribution is 2.32. The van der Waals surface area contributed by atoms with Crippen molar-refractivity contribution in [2.24, 2.45) is 5.92 Å². The van der Waals surface area contributed by atoms with Crippen molar-refractivity contribution in [3.05, 3.63) is 34.6 Å². The number of carbonyl (C=O) groups excluding carboxylic acids is 1. The molecule has 0 heterocycles. The largest absolute Gasteiger partial charge is 0.334 e. The summed E-state index contributed by atoms with van der Waals surface area (Å²) in [7, 11) is 0. The van der Waals surface area contributed by atoms with Gasteiger partial charge in [-0.15, -0.1) is 0 Å². The Morgan fingerprint density at radius 2 is 2.15 bits per heavy atom. The van der Waals surface area contributed by atoms with Gasteiger partial charge in [0, 0.05) is 0 Å². The summed E-state index contributed by atoms with van der Waals surface area (Å²) < 4.78 is 13.7. The molecule has 0 aliphatic heterocycles. The molecular formula is C15H16ClFN2O. The molecule has 0 unspecified atom stereocenters. The van der Waals surface area contributed by atoms with Crippen LogP contribution in [0.5, 0.6) is 0 Å². The maximum absolute atomic E-state index is 13.7. The van der Waals surface area contributed by atoms with Gasteiger partial charge in [-0.2, -0.15) is 5.26 Å². The molecule has 1 aromatic rings. The first-order chi connectivity index (χ1) is 9.47. The van der Waals surface area contributed by atoms with E-state index in [0.29, 0.717) is 18.8 Å². The van der Waals surface area contributed by atoms with Crippen LogP contribution < -0.4 is 5.32 Å². The Hall–Kier alpha value is -1.60. The molecular weight excluding hydrogens is 279 g/mol. The first kappa shape index (κ1) is 14.8. The van der Waals surface area contributed by atoms with E-state index in [1.54, 1.807) is 0 Å². The van der Waals surface area contributed by atoms with Gasteiger partial charge in [0.25, 0.3) is 5.91 Å². The average Bonchev–Trinajstić information content (AvgIpc) is 2.41. The van der Waals surface area contributed by atoms with E-state index in [0.717, 1.165) is 12.8 Å². The highest BCUT2D eigenvalue weighted by atomic mass is 35.5. The van der Waals surface area contributed by atoms with Crippen LogP contribution in [0.1, 0.15) is 43.0 Å². The molecule has 0 spiro atoms. The van der Waals surface area contributed by atoms with Gasteiger partial charge in [-0.05, 0) is 43.7 Å². The second-order valence-corrected chi connectivity index (χ2v) is 5.83. The van der Waals surface area contributed by atoms with Crippen molar-refractivity contribution >= 4 is 17.5 Å². The van der Waals surface area contributed by atoms with Crippen molar-refractivity contribution in [1.82, 2.24) is 5.32 Å². The van der Waals surface area contributed by atoms with Gasteiger partial charge >= 0.3 is 0 Å². The summed E-state index contributed by atoms with van der Waals surface area (Å²) >= 11 is 5.87. The van der Waals surface area contributed by atoms with E-state index >= 15 is 0 Å². The summed E-state index contributed by atoms with van der Waals surface area (Å²) in [6, 6.07) is 6.26. The number of carbonyl (C=O) groups is 1. The fourth-order valence-corrected chi connectivity index (χ4v) is 2.76. The summed E-state index contributed by atoms with van der Waals surface area (Å²) in [5.74, 6) is -0.748. The highest BCUT2D eigenvalue weighted by Gasteiger charge is 2.36. The Labute approximate surface area is 122 Å². The second-order valence-electron chi connectivity index (χ2n) is 5.43. The molecule has 1 amide bonds. The van der Waals surface area contributed by atoms with Crippen LogP contribution in [-0.2, 0) is 0 Å². The number of rotatable bonds is 2. The zero-order valence-electron chi connectivity index (χ0n) is 11.2. The molecule has 0 aromatic heterocycles. The van der Waals surface area contributed by atoms with Gasteiger partial charge in [0.05, 0.1) is 16.7 Å². The summed E-state index contributed by atoms with van der Waals surface area (Å²) in [4.78, 5) is 12.2. The second kappa shape index (κ2) is 5.80. The smallest absolute Gasteiger partial charge is 0.257 e. The Bertz CT molecular complexity index is 539. The molecule has 1 saturated carbocycles. The molecule has 5 heteroatoms. The molecule has 106 valence electrons. The first-order valence-corrected chi connectivity index (χ1v) is 7.03. The minimum atomic E-state index is -0.908. The van der Waals surface area contributed by atoms with Gasteiger partial charge in [0.1, 0.15) is 11.4 Å². The first-order valence-electron chi connectivity index (χ1n) is 6.65. The third kappa shape index (κ3) is 2.94. The molecule has 1 N–H and O–H groups in total. The number of nitrogens with one attached hydrogen (secondary N) is 1. The Morgan fingerprint density at radius 1 is 1.50 bits per heavy atom. The van der Waals surface area contributed by atoms with Crippen molar-refractivity contribution in [3.8, 4) is 6.07 Å². The van der Waals surface area contributed by atoms with Crippen LogP contribution in [0.25, 0.3) is 0 Å². The summed E-state index contributed by atoms with van der Waals surface area (Å²) in [5, 5.41) is 12.1. The molecule has 0 saturated heterocycles. The maximum Gasteiger partial charge on any atom is 0.257 e. The standard InChI is InChI=1S/C15H16ClFN2O/c1-10-5-7-15(9-18,8-6-10)19-14(20)13-11(16)3-2-4-12(13)17/h2-4,10H,5-8H2,1H3,(H,19,20). The molecule has 0 radical (unpaired) electrons. The summed E-state index contributed by atoms with van der Waals surface area (Å²) in [5.41, 5.74) is -1.10. The number of hydrogen-bond donors (Lipinski definition) is 1. The molecule has 20 heavy (non-hydrogen) atoms. The van der Waals surface area contributed by atoms with E-state index in [9.17, 15) is 14.4 Å². The lowest BCUT2D eigenvalue weighted by Gasteiger charge is -2.34. The predicted molar refractivity (Wildman–Crippen MR) is 74.9 cm³/mol. The topological polar surface area (TPSA) is 52.9 Å². The van der Waals surface area contributed by atoms with Gasteiger partial charge in [0.15, 0.2) is 0 Å². The molecule has 1 aliphatic rings. The zero-order valence-corrected chi connectivity index (χ0v) is 12.0. The van der Waals surface area contributed by atoms with Crippen molar-refractivity contribution in [3.63, 3.8) is 0 Å². The van der Waals surface area contributed by atoms with Crippen LogP contribution in [0.3, 0.4) is 0 Å². The Kier molecular flexibility index (Phi) is 4.29. The highest BCUT2D eigenvalue weighted by molar-refractivity contribution is 6.33. The molecule has 0 bridgehead atoms. The van der Waals surface area contributed by atoms with Crippen LogP contribution in [-0.4, -0.2) is 11.4 Å².